The Bertz CT molecular complexity index is 500. The van der Waals surface area contributed by atoms with E-state index in [1.807, 2.05) is 13.1 Å². The summed E-state index contributed by atoms with van der Waals surface area (Å²) in [4.78, 5) is 4.25. The fraction of sp³-hybridized carbons (Fsp3) is 0.706. The molecule has 1 spiro atoms. The van der Waals surface area contributed by atoms with Crippen molar-refractivity contribution in [2.75, 3.05) is 11.9 Å². The van der Waals surface area contributed by atoms with Crippen LogP contribution in [0.2, 0.25) is 5.15 Å². The molecule has 21 heavy (non-hydrogen) atoms. The van der Waals surface area contributed by atoms with E-state index in [1.54, 1.807) is 0 Å². The Morgan fingerprint density at radius 2 is 2.14 bits per heavy atom. The molecule has 116 valence electrons. The van der Waals surface area contributed by atoms with Crippen LogP contribution in [0, 0.1) is 12.3 Å². The van der Waals surface area contributed by atoms with E-state index in [2.05, 4.69) is 23.3 Å². The molecule has 1 N–H and O–H groups in total. The van der Waals surface area contributed by atoms with Crippen LogP contribution < -0.4 is 5.32 Å². The van der Waals surface area contributed by atoms with Crippen molar-refractivity contribution >= 4 is 17.3 Å². The molecule has 3 rings (SSSR count). The second-order valence-electron chi connectivity index (χ2n) is 6.50. The molecule has 1 heterocycles. The molecule has 0 aromatic carbocycles. The van der Waals surface area contributed by atoms with Crippen LogP contribution in [0.4, 0.5) is 5.69 Å². The third kappa shape index (κ3) is 2.78. The Morgan fingerprint density at radius 3 is 2.81 bits per heavy atom. The number of ether oxygens (including phenoxy) is 1. The lowest BCUT2D eigenvalue weighted by molar-refractivity contribution is -0.134. The predicted octanol–water partition coefficient (Wildman–Crippen LogP) is 4.58. The minimum atomic E-state index is 0.335. The zero-order valence-corrected chi connectivity index (χ0v) is 13.7. The molecule has 3 nitrogen and oxygen atoms in total. The lowest BCUT2D eigenvalue weighted by Gasteiger charge is -2.58. The molecule has 1 aromatic heterocycles. The topological polar surface area (TPSA) is 34.1 Å². The zero-order valence-electron chi connectivity index (χ0n) is 13.0. The maximum atomic E-state index is 6.01. The minimum absolute atomic E-state index is 0.335. The average molecular weight is 309 g/mol. The van der Waals surface area contributed by atoms with Crippen LogP contribution in [0.5, 0.6) is 0 Å². The Morgan fingerprint density at radius 1 is 1.38 bits per heavy atom. The molecule has 2 unspecified atom stereocenters. The van der Waals surface area contributed by atoms with Gasteiger partial charge in [0.05, 0.1) is 18.0 Å². The summed E-state index contributed by atoms with van der Waals surface area (Å²) in [7, 11) is 0. The molecule has 2 aliphatic carbocycles. The summed E-state index contributed by atoms with van der Waals surface area (Å²) in [5.41, 5.74) is 2.45. The van der Waals surface area contributed by atoms with E-state index in [0.29, 0.717) is 22.7 Å². The van der Waals surface area contributed by atoms with Gasteiger partial charge in [0.15, 0.2) is 0 Å². The van der Waals surface area contributed by atoms with Gasteiger partial charge in [0.1, 0.15) is 5.15 Å². The molecule has 2 saturated carbocycles. The molecular weight excluding hydrogens is 284 g/mol. The standard InChI is InChI=1S/C17H25ClN2O/c1-3-21-15-10-14(17(15)7-5-4-6-8-17)20-13-9-12(2)16(18)19-11-13/h9,11,14-15,20H,3-8,10H2,1-2H3. The quantitative estimate of drug-likeness (QED) is 0.826. The van der Waals surface area contributed by atoms with Crippen molar-refractivity contribution in [3.8, 4) is 0 Å². The number of hydrogen-bond donors (Lipinski definition) is 1. The van der Waals surface area contributed by atoms with Crippen molar-refractivity contribution in [1.29, 1.82) is 0 Å². The molecule has 0 bridgehead atoms. The molecular formula is C17H25ClN2O. The summed E-state index contributed by atoms with van der Waals surface area (Å²) in [6, 6.07) is 2.61. The van der Waals surface area contributed by atoms with Crippen LogP contribution in [0.25, 0.3) is 0 Å². The van der Waals surface area contributed by atoms with Crippen molar-refractivity contribution in [2.45, 2.75) is 64.5 Å². The third-order valence-electron chi connectivity index (χ3n) is 5.29. The van der Waals surface area contributed by atoms with E-state index in [-0.39, 0.29) is 0 Å². The summed E-state index contributed by atoms with van der Waals surface area (Å²) >= 11 is 6.01. The SMILES string of the molecule is CCOC1CC(Nc2cnc(Cl)c(C)c2)C12CCCCC2. The van der Waals surface area contributed by atoms with Gasteiger partial charge in [0.25, 0.3) is 0 Å². The molecule has 0 radical (unpaired) electrons. The smallest absolute Gasteiger partial charge is 0.132 e. The van der Waals surface area contributed by atoms with E-state index in [1.165, 1.54) is 32.1 Å². The summed E-state index contributed by atoms with van der Waals surface area (Å²) in [5.74, 6) is 0. The van der Waals surface area contributed by atoms with Gasteiger partial charge in [0, 0.05) is 18.1 Å². The highest BCUT2D eigenvalue weighted by atomic mass is 35.5. The van der Waals surface area contributed by atoms with E-state index in [0.717, 1.165) is 24.3 Å². The van der Waals surface area contributed by atoms with Gasteiger partial charge in [-0.3, -0.25) is 0 Å². The van der Waals surface area contributed by atoms with Crippen molar-refractivity contribution < 1.29 is 4.74 Å². The van der Waals surface area contributed by atoms with Gasteiger partial charge in [-0.15, -0.1) is 0 Å². The van der Waals surface area contributed by atoms with Crippen molar-refractivity contribution in [3.05, 3.63) is 23.0 Å². The first-order chi connectivity index (χ1) is 10.2. The number of anilines is 1. The summed E-state index contributed by atoms with van der Waals surface area (Å²) in [6.45, 7) is 4.92. The number of rotatable bonds is 4. The first-order valence-electron chi connectivity index (χ1n) is 8.16. The number of pyridine rings is 1. The number of aryl methyl sites for hydroxylation is 1. The van der Waals surface area contributed by atoms with Crippen LogP contribution >= 0.6 is 11.6 Å². The zero-order chi connectivity index (χ0) is 14.9. The van der Waals surface area contributed by atoms with Gasteiger partial charge in [-0.2, -0.15) is 0 Å². The van der Waals surface area contributed by atoms with Crippen molar-refractivity contribution in [1.82, 2.24) is 4.98 Å². The van der Waals surface area contributed by atoms with E-state index in [9.17, 15) is 0 Å². The Balaban J connectivity index is 1.73. The summed E-state index contributed by atoms with van der Waals surface area (Å²) < 4.78 is 6.01. The number of nitrogens with zero attached hydrogens (tertiary/aromatic N) is 1. The number of aromatic nitrogens is 1. The molecule has 2 aliphatic rings. The average Bonchev–Trinajstić information content (AvgIpc) is 2.50. The van der Waals surface area contributed by atoms with Crippen molar-refractivity contribution in [2.24, 2.45) is 5.41 Å². The molecule has 0 aliphatic heterocycles. The number of hydrogen-bond acceptors (Lipinski definition) is 3. The van der Waals surface area contributed by atoms with Crippen molar-refractivity contribution in [3.63, 3.8) is 0 Å². The highest BCUT2D eigenvalue weighted by Gasteiger charge is 2.55. The van der Waals surface area contributed by atoms with Gasteiger partial charge in [-0.25, -0.2) is 4.98 Å². The molecule has 0 amide bonds. The predicted molar refractivity (Wildman–Crippen MR) is 86.9 cm³/mol. The lowest BCUT2D eigenvalue weighted by Crippen LogP contribution is -2.62. The molecule has 2 fully saturated rings. The monoisotopic (exact) mass is 308 g/mol. The van der Waals surface area contributed by atoms with Gasteiger partial charge in [-0.05, 0) is 44.7 Å². The normalized spacial score (nSPS) is 27.4. The fourth-order valence-electron chi connectivity index (χ4n) is 4.10. The highest BCUT2D eigenvalue weighted by molar-refractivity contribution is 6.30. The van der Waals surface area contributed by atoms with E-state index in [4.69, 9.17) is 16.3 Å². The highest BCUT2D eigenvalue weighted by Crippen LogP contribution is 2.54. The van der Waals surface area contributed by atoms with Gasteiger partial charge < -0.3 is 10.1 Å². The van der Waals surface area contributed by atoms with Gasteiger partial charge >= 0.3 is 0 Å². The molecule has 2 atom stereocenters. The second-order valence-corrected chi connectivity index (χ2v) is 6.86. The molecule has 4 heteroatoms. The fourth-order valence-corrected chi connectivity index (χ4v) is 4.21. The van der Waals surface area contributed by atoms with Crippen LogP contribution in [0.15, 0.2) is 12.3 Å². The third-order valence-corrected chi connectivity index (χ3v) is 5.69. The van der Waals surface area contributed by atoms with E-state index >= 15 is 0 Å². The van der Waals surface area contributed by atoms with Gasteiger partial charge in [0.2, 0.25) is 0 Å². The van der Waals surface area contributed by atoms with Gasteiger partial charge in [-0.1, -0.05) is 30.9 Å². The maximum absolute atomic E-state index is 6.01. The first kappa shape index (κ1) is 15.1. The largest absolute Gasteiger partial charge is 0.380 e. The number of nitrogens with one attached hydrogen (secondary N) is 1. The second kappa shape index (κ2) is 6.13. The van der Waals surface area contributed by atoms with Crippen LogP contribution in [0.3, 0.4) is 0 Å². The lowest BCUT2D eigenvalue weighted by atomic mass is 9.55. The van der Waals surface area contributed by atoms with Crippen LogP contribution in [0.1, 0.15) is 51.0 Å². The van der Waals surface area contributed by atoms with E-state index < -0.39 is 0 Å². The molecule has 0 saturated heterocycles. The Labute approximate surface area is 132 Å². The van der Waals surface area contributed by atoms with Crippen LogP contribution in [-0.4, -0.2) is 23.7 Å². The maximum Gasteiger partial charge on any atom is 0.132 e. The molecule has 1 aromatic rings. The van der Waals surface area contributed by atoms with Crippen LogP contribution in [-0.2, 0) is 4.74 Å². The number of halogens is 1. The summed E-state index contributed by atoms with van der Waals surface area (Å²) in [6.07, 6.45) is 10.00. The first-order valence-corrected chi connectivity index (χ1v) is 8.54. The minimum Gasteiger partial charge on any atom is -0.380 e. The Hall–Kier alpha value is -0.800. The Kier molecular flexibility index (Phi) is 4.41. The summed E-state index contributed by atoms with van der Waals surface area (Å²) in [5, 5.41) is 4.29.